The van der Waals surface area contributed by atoms with Gasteiger partial charge in [0.25, 0.3) is 0 Å². The van der Waals surface area contributed by atoms with Gasteiger partial charge in [0, 0.05) is 32.4 Å². The first kappa shape index (κ1) is 16.5. The van der Waals surface area contributed by atoms with Crippen LogP contribution in [0.5, 0.6) is 0 Å². The van der Waals surface area contributed by atoms with Crippen molar-refractivity contribution in [3.63, 3.8) is 0 Å². The van der Waals surface area contributed by atoms with Crippen LogP contribution in [0.1, 0.15) is 12.0 Å². The monoisotopic (exact) mass is 346 g/mol. The normalized spacial score (nSPS) is 15.1. The zero-order valence-electron chi connectivity index (χ0n) is 14.7. The summed E-state index contributed by atoms with van der Waals surface area (Å²) in [5, 5.41) is 10.5. The van der Waals surface area contributed by atoms with Gasteiger partial charge in [-0.15, -0.1) is 5.10 Å². The third-order valence-corrected chi connectivity index (χ3v) is 4.95. The van der Waals surface area contributed by atoms with Gasteiger partial charge in [-0.1, -0.05) is 42.5 Å². The van der Waals surface area contributed by atoms with Crippen LogP contribution in [0.25, 0.3) is 10.8 Å². The van der Waals surface area contributed by atoms with Gasteiger partial charge in [-0.05, 0) is 34.9 Å². The van der Waals surface area contributed by atoms with E-state index in [1.165, 1.54) is 10.8 Å². The van der Waals surface area contributed by atoms with Crippen LogP contribution in [0.2, 0.25) is 0 Å². The fourth-order valence-electron chi connectivity index (χ4n) is 3.58. The number of hydrogen-bond acceptors (Lipinski definition) is 4. The Morgan fingerprint density at radius 2 is 1.81 bits per heavy atom. The van der Waals surface area contributed by atoms with E-state index in [1.54, 1.807) is 6.20 Å². The van der Waals surface area contributed by atoms with Gasteiger partial charge in [0.15, 0.2) is 5.82 Å². The maximum atomic E-state index is 12.9. The number of anilines is 1. The predicted octanol–water partition coefficient (Wildman–Crippen LogP) is 2.91. The Balaban J connectivity index is 1.45. The van der Waals surface area contributed by atoms with Crippen LogP contribution in [-0.4, -0.2) is 47.2 Å². The van der Waals surface area contributed by atoms with Crippen molar-refractivity contribution in [3.05, 3.63) is 66.4 Å². The maximum Gasteiger partial charge on any atom is 0.227 e. The predicted molar refractivity (Wildman–Crippen MR) is 103 cm³/mol. The smallest absolute Gasteiger partial charge is 0.227 e. The molecule has 5 heteroatoms. The highest BCUT2D eigenvalue weighted by molar-refractivity contribution is 5.90. The molecule has 2 aromatic carbocycles. The van der Waals surface area contributed by atoms with Crippen molar-refractivity contribution in [1.29, 1.82) is 0 Å². The van der Waals surface area contributed by atoms with E-state index in [0.717, 1.165) is 44.0 Å². The minimum Gasteiger partial charge on any atom is -0.353 e. The lowest BCUT2D eigenvalue weighted by atomic mass is 10.0. The minimum absolute atomic E-state index is 0.197. The van der Waals surface area contributed by atoms with E-state index in [0.29, 0.717) is 6.42 Å². The summed E-state index contributed by atoms with van der Waals surface area (Å²) < 4.78 is 0. The molecule has 26 heavy (non-hydrogen) atoms. The molecule has 132 valence electrons. The van der Waals surface area contributed by atoms with E-state index in [1.807, 2.05) is 35.2 Å². The molecule has 1 aliphatic heterocycles. The highest BCUT2D eigenvalue weighted by Gasteiger charge is 2.20. The van der Waals surface area contributed by atoms with Crippen molar-refractivity contribution >= 4 is 22.5 Å². The van der Waals surface area contributed by atoms with E-state index >= 15 is 0 Å². The summed E-state index contributed by atoms with van der Waals surface area (Å²) in [5.74, 6) is 1.08. The summed E-state index contributed by atoms with van der Waals surface area (Å²) in [7, 11) is 0. The molecule has 0 saturated carbocycles. The molecule has 2 heterocycles. The first-order valence-electron chi connectivity index (χ1n) is 9.08. The third-order valence-electron chi connectivity index (χ3n) is 4.95. The molecule has 0 bridgehead atoms. The van der Waals surface area contributed by atoms with E-state index < -0.39 is 0 Å². The van der Waals surface area contributed by atoms with E-state index in [9.17, 15) is 4.79 Å². The summed E-state index contributed by atoms with van der Waals surface area (Å²) in [6.07, 6.45) is 3.08. The molecule has 0 radical (unpaired) electrons. The van der Waals surface area contributed by atoms with Gasteiger partial charge in [-0.2, -0.15) is 5.10 Å². The van der Waals surface area contributed by atoms with Gasteiger partial charge in [-0.25, -0.2) is 0 Å². The van der Waals surface area contributed by atoms with Crippen LogP contribution >= 0.6 is 0 Å². The van der Waals surface area contributed by atoms with Crippen molar-refractivity contribution < 1.29 is 4.79 Å². The average Bonchev–Trinajstić information content (AvgIpc) is 2.95. The Morgan fingerprint density at radius 1 is 0.923 bits per heavy atom. The summed E-state index contributed by atoms with van der Waals surface area (Å²) >= 11 is 0. The fraction of sp³-hybridized carbons (Fsp3) is 0.286. The second-order valence-electron chi connectivity index (χ2n) is 6.62. The summed E-state index contributed by atoms with van der Waals surface area (Å²) in [6.45, 7) is 3.21. The SMILES string of the molecule is O=C(Cc1cccc2ccccc12)N1CCCN(c2cccnn2)CC1. The number of benzene rings is 2. The van der Waals surface area contributed by atoms with Crippen molar-refractivity contribution in [2.24, 2.45) is 0 Å². The number of rotatable bonds is 3. The average molecular weight is 346 g/mol. The largest absolute Gasteiger partial charge is 0.353 e. The molecule has 4 rings (SSSR count). The molecule has 1 saturated heterocycles. The fourth-order valence-corrected chi connectivity index (χ4v) is 3.58. The number of fused-ring (bicyclic) bond motifs is 1. The van der Waals surface area contributed by atoms with Crippen molar-refractivity contribution in [1.82, 2.24) is 15.1 Å². The molecule has 1 fully saturated rings. The second-order valence-corrected chi connectivity index (χ2v) is 6.62. The van der Waals surface area contributed by atoms with Gasteiger partial charge >= 0.3 is 0 Å². The highest BCUT2D eigenvalue weighted by atomic mass is 16.2. The highest BCUT2D eigenvalue weighted by Crippen LogP contribution is 2.20. The van der Waals surface area contributed by atoms with Gasteiger partial charge < -0.3 is 9.80 Å². The van der Waals surface area contributed by atoms with Crippen LogP contribution in [-0.2, 0) is 11.2 Å². The third kappa shape index (κ3) is 3.52. The molecule has 0 spiro atoms. The molecule has 1 aliphatic rings. The topological polar surface area (TPSA) is 49.3 Å². The van der Waals surface area contributed by atoms with E-state index in [-0.39, 0.29) is 5.91 Å². The van der Waals surface area contributed by atoms with Crippen LogP contribution in [0, 0.1) is 0 Å². The first-order valence-corrected chi connectivity index (χ1v) is 9.08. The van der Waals surface area contributed by atoms with Crippen LogP contribution in [0.3, 0.4) is 0 Å². The minimum atomic E-state index is 0.197. The van der Waals surface area contributed by atoms with Crippen molar-refractivity contribution in [3.8, 4) is 0 Å². The Hall–Kier alpha value is -2.95. The zero-order valence-corrected chi connectivity index (χ0v) is 14.7. The number of amides is 1. The lowest BCUT2D eigenvalue weighted by molar-refractivity contribution is -0.130. The molecular weight excluding hydrogens is 324 g/mol. The lowest BCUT2D eigenvalue weighted by Gasteiger charge is -2.22. The Labute approximate surface area is 153 Å². The molecule has 5 nitrogen and oxygen atoms in total. The Kier molecular flexibility index (Phi) is 4.78. The van der Waals surface area contributed by atoms with Crippen LogP contribution in [0.15, 0.2) is 60.8 Å². The molecule has 0 unspecified atom stereocenters. The van der Waals surface area contributed by atoms with Gasteiger partial charge in [0.2, 0.25) is 5.91 Å². The molecule has 3 aromatic rings. The number of aromatic nitrogens is 2. The molecule has 0 aliphatic carbocycles. The van der Waals surface area contributed by atoms with Crippen LogP contribution in [0.4, 0.5) is 5.82 Å². The Morgan fingerprint density at radius 3 is 2.69 bits per heavy atom. The molecule has 0 atom stereocenters. The summed E-state index contributed by atoms with van der Waals surface area (Å²) in [5.41, 5.74) is 1.10. The summed E-state index contributed by atoms with van der Waals surface area (Å²) in [4.78, 5) is 17.1. The van der Waals surface area contributed by atoms with Gasteiger partial charge in [0.1, 0.15) is 0 Å². The first-order chi connectivity index (χ1) is 12.8. The van der Waals surface area contributed by atoms with Crippen molar-refractivity contribution in [2.45, 2.75) is 12.8 Å². The van der Waals surface area contributed by atoms with E-state index in [4.69, 9.17) is 0 Å². The standard InChI is InChI=1S/C21H22N4O/c26-21(16-18-8-3-7-17-6-1-2-9-19(17)18)25-13-5-12-24(14-15-25)20-10-4-11-22-23-20/h1-4,6-11H,5,12-16H2. The molecule has 1 aromatic heterocycles. The van der Waals surface area contributed by atoms with Crippen molar-refractivity contribution in [2.75, 3.05) is 31.1 Å². The quantitative estimate of drug-likeness (QED) is 0.732. The second kappa shape index (κ2) is 7.52. The Bertz CT molecular complexity index is 891. The zero-order chi connectivity index (χ0) is 17.8. The number of hydrogen-bond donors (Lipinski definition) is 0. The lowest BCUT2D eigenvalue weighted by Crippen LogP contribution is -2.36. The van der Waals surface area contributed by atoms with Gasteiger partial charge in [-0.3, -0.25) is 4.79 Å². The molecular formula is C21H22N4O. The molecule has 1 amide bonds. The van der Waals surface area contributed by atoms with Gasteiger partial charge in [0.05, 0.1) is 6.42 Å². The van der Waals surface area contributed by atoms with Crippen LogP contribution < -0.4 is 4.90 Å². The number of nitrogens with zero attached hydrogens (tertiary/aromatic N) is 4. The number of carbonyl (C=O) groups excluding carboxylic acids is 1. The van der Waals surface area contributed by atoms with E-state index in [2.05, 4.69) is 39.4 Å². The number of carbonyl (C=O) groups is 1. The summed E-state index contributed by atoms with van der Waals surface area (Å²) in [6, 6.07) is 18.3. The molecule has 0 N–H and O–H groups in total. The maximum absolute atomic E-state index is 12.9.